The number of aliphatic hydroxyl groups excluding tert-OH is 1. The Labute approximate surface area is 320 Å². The first-order valence-electron chi connectivity index (χ1n) is 20.0. The normalized spacial score (nSPS) is 33.0. The number of nitrogens with one attached hydrogen (secondary N) is 1. The molecule has 1 aromatic heterocycles. The number of rotatable bonds is 8. The SMILES string of the molecule is C=C(C)OC1C(O)C2N(C)c3cc(OC)c(C4(C(=O)OC)CC5C=C(CC)CN(CCc6c4[nH]c4ccccc64)C5)cc3C2(CC)C2C1C=CCN2CC. The summed E-state index contributed by atoms with van der Waals surface area (Å²) < 4.78 is 18.8. The van der Waals surface area contributed by atoms with Gasteiger partial charge in [0.05, 0.1) is 26.0 Å². The molecule has 4 aliphatic heterocycles. The second kappa shape index (κ2) is 13.9. The monoisotopic (exact) mass is 734 g/mol. The van der Waals surface area contributed by atoms with Crippen molar-refractivity contribution in [2.24, 2.45) is 11.8 Å². The van der Waals surface area contributed by atoms with E-state index >= 15 is 4.79 Å². The van der Waals surface area contributed by atoms with Crippen LogP contribution in [0.5, 0.6) is 5.75 Å². The summed E-state index contributed by atoms with van der Waals surface area (Å²) in [5, 5.41) is 13.7. The molecule has 0 amide bonds. The van der Waals surface area contributed by atoms with Crippen LogP contribution in [0.2, 0.25) is 0 Å². The molecule has 8 rings (SSSR count). The molecule has 1 fully saturated rings. The van der Waals surface area contributed by atoms with Crippen molar-refractivity contribution in [3.63, 3.8) is 0 Å². The van der Waals surface area contributed by atoms with Gasteiger partial charge >= 0.3 is 5.97 Å². The molecule has 1 saturated carbocycles. The van der Waals surface area contributed by atoms with E-state index in [1.54, 1.807) is 7.11 Å². The maximum Gasteiger partial charge on any atom is 0.322 e. The Morgan fingerprint density at radius 1 is 1.11 bits per heavy atom. The topological polar surface area (TPSA) is 90.5 Å². The molecule has 9 nitrogen and oxygen atoms in total. The number of hydrogen-bond donors (Lipinski definition) is 2. The zero-order chi connectivity index (χ0) is 38.1. The number of carbonyl (C=O) groups excluding carboxylic acids is 1. The lowest BCUT2D eigenvalue weighted by Gasteiger charge is -2.59. The van der Waals surface area contributed by atoms with E-state index in [-0.39, 0.29) is 29.9 Å². The van der Waals surface area contributed by atoms with Crippen LogP contribution in [0.1, 0.15) is 69.3 Å². The Morgan fingerprint density at radius 3 is 2.61 bits per heavy atom. The second-order valence-corrected chi connectivity index (χ2v) is 16.4. The van der Waals surface area contributed by atoms with Crippen molar-refractivity contribution in [2.45, 2.75) is 88.5 Å². The van der Waals surface area contributed by atoms with Gasteiger partial charge in [0.15, 0.2) is 0 Å². The van der Waals surface area contributed by atoms with Crippen molar-refractivity contribution >= 4 is 22.6 Å². The van der Waals surface area contributed by atoms with Gasteiger partial charge in [0.2, 0.25) is 0 Å². The number of fused-ring (bicyclic) bond motifs is 10. The van der Waals surface area contributed by atoms with Gasteiger partial charge in [-0.3, -0.25) is 14.6 Å². The van der Waals surface area contributed by atoms with Crippen LogP contribution in [0.3, 0.4) is 0 Å². The minimum atomic E-state index is -1.21. The third-order valence-corrected chi connectivity index (χ3v) is 13.8. The number of hydrogen-bond acceptors (Lipinski definition) is 8. The molecule has 1 aliphatic carbocycles. The zero-order valence-electron chi connectivity index (χ0n) is 33.2. The number of aromatic amines is 1. The predicted octanol–water partition coefficient (Wildman–Crippen LogP) is 6.49. The van der Waals surface area contributed by atoms with Crippen molar-refractivity contribution in [1.29, 1.82) is 0 Å². The molecule has 9 heteroatoms. The summed E-state index contributed by atoms with van der Waals surface area (Å²) in [7, 11) is 5.32. The van der Waals surface area contributed by atoms with Crippen LogP contribution in [0.4, 0.5) is 5.69 Å². The van der Waals surface area contributed by atoms with Crippen LogP contribution in [0.15, 0.2) is 72.5 Å². The third-order valence-electron chi connectivity index (χ3n) is 13.8. The molecular formula is C45H58N4O5. The lowest BCUT2D eigenvalue weighted by Crippen LogP contribution is -2.72. The van der Waals surface area contributed by atoms with E-state index in [0.29, 0.717) is 17.9 Å². The molecule has 288 valence electrons. The summed E-state index contributed by atoms with van der Waals surface area (Å²) in [6.45, 7) is 17.1. The van der Waals surface area contributed by atoms with Crippen LogP contribution in [0.25, 0.3) is 10.9 Å². The molecule has 9 atom stereocenters. The average Bonchev–Trinajstić information content (AvgIpc) is 3.69. The number of anilines is 1. The molecule has 9 unspecified atom stereocenters. The molecule has 0 spiro atoms. The first-order valence-corrected chi connectivity index (χ1v) is 20.0. The number of allylic oxidation sites excluding steroid dienone is 1. The number of benzene rings is 2. The largest absolute Gasteiger partial charge is 0.496 e. The van der Waals surface area contributed by atoms with Gasteiger partial charge in [-0.05, 0) is 68.3 Å². The first-order chi connectivity index (χ1) is 26.1. The molecule has 0 saturated heterocycles. The van der Waals surface area contributed by atoms with Crippen molar-refractivity contribution in [1.82, 2.24) is 14.8 Å². The molecule has 0 radical (unpaired) electrons. The highest BCUT2D eigenvalue weighted by Gasteiger charge is 2.66. The van der Waals surface area contributed by atoms with E-state index in [1.165, 1.54) is 12.7 Å². The molecule has 3 aromatic rings. The fourth-order valence-electron chi connectivity index (χ4n) is 11.7. The number of nitrogens with zero attached hydrogens (tertiary/aromatic N) is 3. The summed E-state index contributed by atoms with van der Waals surface area (Å²) >= 11 is 0. The van der Waals surface area contributed by atoms with Crippen LogP contribution < -0.4 is 9.64 Å². The number of methoxy groups -OCH3 is 2. The molecule has 2 aromatic carbocycles. The summed E-state index contributed by atoms with van der Waals surface area (Å²) in [4.78, 5) is 26.4. The van der Waals surface area contributed by atoms with Crippen molar-refractivity contribution in [3.8, 4) is 5.75 Å². The Balaban J connectivity index is 1.44. The standard InChI is InChI=1S/C45H58N4O5/c1-9-28-21-29-24-45(43(51)53-8,40-31(18-20-48(25-28)26-29)30-15-12-13-17-35(30)46-40)34-22-33-36(23-37(34)52-7)47(6)42-38(50)39(54-27(4)5)32-16-14-19-49(11-3)41(32)44(33,42)10-2/h12-17,21-23,29,32,38-39,41-42,46,50H,4,9-11,18-20,24-26H2,1-3,5-8H3. The van der Waals surface area contributed by atoms with E-state index < -0.39 is 23.0 Å². The number of aromatic nitrogens is 1. The fourth-order valence-corrected chi connectivity index (χ4v) is 11.7. The number of ether oxygens (including phenoxy) is 3. The maximum atomic E-state index is 15.2. The Bertz CT molecular complexity index is 2020. The zero-order valence-corrected chi connectivity index (χ0v) is 33.2. The summed E-state index contributed by atoms with van der Waals surface area (Å²) in [5.41, 5.74) is 5.74. The number of aliphatic hydroxyl groups is 1. The number of esters is 1. The molecule has 54 heavy (non-hydrogen) atoms. The lowest BCUT2D eigenvalue weighted by molar-refractivity contribution is -0.146. The van der Waals surface area contributed by atoms with E-state index in [0.717, 1.165) is 91.0 Å². The van der Waals surface area contributed by atoms with Gasteiger partial charge in [0.25, 0.3) is 0 Å². The lowest BCUT2D eigenvalue weighted by atomic mass is 9.56. The highest BCUT2D eigenvalue weighted by atomic mass is 16.5. The van der Waals surface area contributed by atoms with Crippen LogP contribution in [0, 0.1) is 11.8 Å². The van der Waals surface area contributed by atoms with Gasteiger partial charge in [0.1, 0.15) is 23.4 Å². The molecule has 2 bridgehead atoms. The van der Waals surface area contributed by atoms with E-state index in [4.69, 9.17) is 14.2 Å². The summed E-state index contributed by atoms with van der Waals surface area (Å²) in [6, 6.07) is 12.6. The average molecular weight is 735 g/mol. The minimum absolute atomic E-state index is 0.0281. The number of carbonyl (C=O) groups is 1. The first kappa shape index (κ1) is 36.9. The summed E-state index contributed by atoms with van der Waals surface area (Å²) in [6.07, 6.45) is 8.74. The smallest absolute Gasteiger partial charge is 0.322 e. The van der Waals surface area contributed by atoms with Gasteiger partial charge in [-0.25, -0.2) is 0 Å². The second-order valence-electron chi connectivity index (χ2n) is 16.4. The third kappa shape index (κ3) is 5.25. The highest BCUT2D eigenvalue weighted by molar-refractivity contribution is 5.94. The van der Waals surface area contributed by atoms with Gasteiger partial charge in [-0.1, -0.05) is 69.4 Å². The van der Waals surface area contributed by atoms with Crippen LogP contribution >= 0.6 is 0 Å². The van der Waals surface area contributed by atoms with E-state index in [2.05, 4.69) is 109 Å². The minimum Gasteiger partial charge on any atom is -0.496 e. The van der Waals surface area contributed by atoms with Gasteiger partial charge in [-0.15, -0.1) is 0 Å². The van der Waals surface area contributed by atoms with Crippen LogP contribution in [-0.2, 0) is 31.5 Å². The van der Waals surface area contributed by atoms with Gasteiger partial charge in [-0.2, -0.15) is 0 Å². The summed E-state index contributed by atoms with van der Waals surface area (Å²) in [5.74, 6) is 0.987. The Hall–Kier alpha value is -4.05. The molecule has 2 N–H and O–H groups in total. The molecule has 5 heterocycles. The molecular weight excluding hydrogens is 677 g/mol. The van der Waals surface area contributed by atoms with Crippen molar-refractivity contribution in [3.05, 3.63) is 94.9 Å². The fraction of sp³-hybridized carbons (Fsp3) is 0.533. The Kier molecular flexibility index (Phi) is 9.51. The van der Waals surface area contributed by atoms with Crippen LogP contribution in [-0.4, -0.2) is 104 Å². The number of para-hydroxylation sites is 1. The van der Waals surface area contributed by atoms with E-state index in [9.17, 15) is 5.11 Å². The molecule has 5 aliphatic rings. The van der Waals surface area contributed by atoms with E-state index in [1.807, 2.05) is 6.92 Å². The van der Waals surface area contributed by atoms with Gasteiger partial charge in [0, 0.05) is 84.5 Å². The number of H-pyrrole nitrogens is 1. The quantitative estimate of drug-likeness (QED) is 0.154. The highest BCUT2D eigenvalue weighted by Crippen LogP contribution is 2.60. The predicted molar refractivity (Wildman–Crippen MR) is 214 cm³/mol. The van der Waals surface area contributed by atoms with Crippen molar-refractivity contribution < 1.29 is 24.1 Å². The number of likely N-dealkylation sites (N-methyl/N-ethyl adjacent to an activating group) is 2. The van der Waals surface area contributed by atoms with Crippen molar-refractivity contribution in [2.75, 3.05) is 58.9 Å². The van der Waals surface area contributed by atoms with Gasteiger partial charge < -0.3 is 29.2 Å². The Morgan fingerprint density at radius 2 is 1.91 bits per heavy atom. The maximum absolute atomic E-state index is 15.2.